The molecule has 9 heteroatoms. The Balaban J connectivity index is 1.91. The maximum Gasteiger partial charge on any atom is 0.212 e. The second-order valence-corrected chi connectivity index (χ2v) is 7.84. The van der Waals surface area contributed by atoms with Gasteiger partial charge in [0.15, 0.2) is 5.82 Å². The lowest BCUT2D eigenvalue weighted by atomic mass is 9.89. The summed E-state index contributed by atoms with van der Waals surface area (Å²) in [6, 6.07) is 5.14. The smallest absolute Gasteiger partial charge is 0.212 e. The van der Waals surface area contributed by atoms with Crippen molar-refractivity contribution in [1.29, 1.82) is 0 Å². The van der Waals surface area contributed by atoms with Gasteiger partial charge in [0.1, 0.15) is 0 Å². The highest BCUT2D eigenvalue weighted by molar-refractivity contribution is 7.99. The van der Waals surface area contributed by atoms with Gasteiger partial charge in [-0.25, -0.2) is 0 Å². The molecule has 0 N–H and O–H groups in total. The summed E-state index contributed by atoms with van der Waals surface area (Å²) in [5, 5.41) is 25.1. The average molecular weight is 412 g/mol. The van der Waals surface area contributed by atoms with Crippen molar-refractivity contribution in [1.82, 2.24) is 14.9 Å². The number of carbonyl (C=O) groups excluding carboxylic acids is 1. The Bertz CT molecular complexity index is 819. The van der Waals surface area contributed by atoms with E-state index >= 15 is 0 Å². The fraction of sp³-hybridized carbons (Fsp3) is 0.412. The zero-order valence-electron chi connectivity index (χ0n) is 13.9. The first-order valence-corrected chi connectivity index (χ1v) is 10.1. The number of carboxylic acids is 1. The summed E-state index contributed by atoms with van der Waals surface area (Å²) in [7, 11) is 0. The third kappa shape index (κ3) is 4.78. The molecule has 138 valence electrons. The van der Waals surface area contributed by atoms with Crippen molar-refractivity contribution in [2.75, 3.05) is 5.75 Å². The van der Waals surface area contributed by atoms with Crippen LogP contribution in [0.4, 0.5) is 0 Å². The van der Waals surface area contributed by atoms with Crippen LogP contribution in [0.25, 0.3) is 0 Å². The van der Waals surface area contributed by atoms with E-state index in [0.29, 0.717) is 20.8 Å². The molecule has 1 fully saturated rings. The number of carbonyl (C=O) groups is 1. The summed E-state index contributed by atoms with van der Waals surface area (Å²) in [5.41, 5.74) is 0.704. The van der Waals surface area contributed by atoms with Gasteiger partial charge in [-0.15, -0.1) is 10.2 Å². The number of hydrogen-bond acceptors (Lipinski definition) is 6. The van der Waals surface area contributed by atoms with Crippen LogP contribution < -0.4 is 5.11 Å². The minimum Gasteiger partial charge on any atom is -0.549 e. The first kappa shape index (κ1) is 19.2. The van der Waals surface area contributed by atoms with E-state index in [1.165, 1.54) is 6.42 Å². The van der Waals surface area contributed by atoms with Crippen molar-refractivity contribution in [3.05, 3.63) is 39.6 Å². The lowest BCUT2D eigenvalue weighted by molar-refractivity contribution is -0.301. The van der Waals surface area contributed by atoms with Crippen molar-refractivity contribution < 1.29 is 9.90 Å². The standard InChI is InChI=1S/C17H18Cl2N4O2S/c18-13-7-6-12(14(19)8-13)9-20-23-16(11-4-2-1-3-5-11)21-22-17(23)26-10-15(24)25/h6-9,11H,1-5,10H2,(H,24,25)/p-1/b20-9-. The summed E-state index contributed by atoms with van der Waals surface area (Å²) in [6.45, 7) is 0. The fourth-order valence-electron chi connectivity index (χ4n) is 2.94. The third-order valence-electron chi connectivity index (χ3n) is 4.20. The van der Waals surface area contributed by atoms with E-state index < -0.39 is 5.97 Å². The van der Waals surface area contributed by atoms with Crippen molar-refractivity contribution in [3.63, 3.8) is 0 Å². The number of aromatic nitrogens is 3. The Labute approximate surface area is 165 Å². The van der Waals surface area contributed by atoms with Gasteiger partial charge in [-0.3, -0.25) is 0 Å². The van der Waals surface area contributed by atoms with Crippen LogP contribution >= 0.6 is 35.0 Å². The van der Waals surface area contributed by atoms with Crippen molar-refractivity contribution >= 4 is 47.1 Å². The molecular formula is C17H17Cl2N4O2S-. The molecule has 2 aromatic rings. The number of aliphatic carboxylic acids is 1. The number of rotatable bonds is 6. The van der Waals surface area contributed by atoms with Gasteiger partial charge in [0.25, 0.3) is 0 Å². The molecule has 0 saturated heterocycles. The van der Waals surface area contributed by atoms with Crippen LogP contribution in [0.15, 0.2) is 28.5 Å². The van der Waals surface area contributed by atoms with Crippen LogP contribution in [0.5, 0.6) is 0 Å². The van der Waals surface area contributed by atoms with E-state index in [9.17, 15) is 9.90 Å². The number of carboxylic acid groups (broad SMARTS) is 1. The number of halogens is 2. The van der Waals surface area contributed by atoms with E-state index in [0.717, 1.165) is 43.3 Å². The molecule has 26 heavy (non-hydrogen) atoms. The van der Waals surface area contributed by atoms with Crippen LogP contribution in [0.3, 0.4) is 0 Å². The molecule has 0 bridgehead atoms. The van der Waals surface area contributed by atoms with Gasteiger partial charge < -0.3 is 9.90 Å². The largest absolute Gasteiger partial charge is 0.549 e. The molecule has 3 rings (SSSR count). The van der Waals surface area contributed by atoms with Crippen LogP contribution in [-0.2, 0) is 4.79 Å². The van der Waals surface area contributed by atoms with Gasteiger partial charge in [0, 0.05) is 22.3 Å². The molecule has 1 aromatic heterocycles. The van der Waals surface area contributed by atoms with Gasteiger partial charge in [0.05, 0.1) is 17.2 Å². The van der Waals surface area contributed by atoms with Crippen molar-refractivity contribution in [2.24, 2.45) is 5.10 Å². The molecule has 0 spiro atoms. The maximum absolute atomic E-state index is 10.8. The molecule has 1 aliphatic rings. The minimum atomic E-state index is -1.16. The van der Waals surface area contributed by atoms with Crippen LogP contribution in [0.2, 0.25) is 10.0 Å². The fourth-order valence-corrected chi connectivity index (χ4v) is 4.01. The molecule has 0 radical (unpaired) electrons. The number of hydrogen-bond donors (Lipinski definition) is 0. The van der Waals surface area contributed by atoms with E-state index in [4.69, 9.17) is 23.2 Å². The molecular weight excluding hydrogens is 395 g/mol. The second-order valence-electron chi connectivity index (χ2n) is 6.06. The normalized spacial score (nSPS) is 15.6. The van der Waals surface area contributed by atoms with E-state index in [-0.39, 0.29) is 11.7 Å². The zero-order chi connectivity index (χ0) is 18.5. The zero-order valence-corrected chi connectivity index (χ0v) is 16.2. The topological polar surface area (TPSA) is 83.2 Å². The number of nitrogens with zero attached hydrogens (tertiary/aromatic N) is 4. The quantitative estimate of drug-likeness (QED) is 0.537. The van der Waals surface area contributed by atoms with Crippen molar-refractivity contribution in [3.8, 4) is 0 Å². The summed E-state index contributed by atoms with van der Waals surface area (Å²) >= 11 is 13.2. The van der Waals surface area contributed by atoms with Gasteiger partial charge in [-0.1, -0.05) is 60.3 Å². The lowest BCUT2D eigenvalue weighted by Gasteiger charge is -2.20. The van der Waals surface area contributed by atoms with Gasteiger partial charge in [-0.2, -0.15) is 9.78 Å². The Morgan fingerprint density at radius 3 is 2.77 bits per heavy atom. The molecule has 1 heterocycles. The van der Waals surface area contributed by atoms with Gasteiger partial charge in [0.2, 0.25) is 5.16 Å². The second kappa shape index (κ2) is 8.88. The van der Waals surface area contributed by atoms with E-state index in [1.807, 2.05) is 0 Å². The van der Waals surface area contributed by atoms with Crippen LogP contribution in [-0.4, -0.2) is 32.8 Å². The molecule has 1 aliphatic carbocycles. The SMILES string of the molecule is O=C([O-])CSc1nnc(C2CCCCC2)n1/N=C\c1ccc(Cl)cc1Cl. The Morgan fingerprint density at radius 2 is 2.08 bits per heavy atom. The Hall–Kier alpha value is -1.57. The molecule has 6 nitrogen and oxygen atoms in total. The van der Waals surface area contributed by atoms with Gasteiger partial charge in [-0.05, 0) is 25.0 Å². The summed E-state index contributed by atoms with van der Waals surface area (Å²) in [6.07, 6.45) is 7.18. The highest BCUT2D eigenvalue weighted by atomic mass is 35.5. The minimum absolute atomic E-state index is 0.208. The molecule has 1 aromatic carbocycles. The highest BCUT2D eigenvalue weighted by Gasteiger charge is 2.23. The van der Waals surface area contributed by atoms with Crippen molar-refractivity contribution in [2.45, 2.75) is 43.2 Å². The Morgan fingerprint density at radius 1 is 1.31 bits per heavy atom. The van der Waals surface area contributed by atoms with E-state index in [1.54, 1.807) is 29.1 Å². The first-order chi connectivity index (χ1) is 12.5. The summed E-state index contributed by atoms with van der Waals surface area (Å²) in [5.74, 6) is -0.341. The first-order valence-electron chi connectivity index (χ1n) is 8.32. The predicted octanol–water partition coefficient (Wildman–Crippen LogP) is 3.36. The average Bonchev–Trinajstić information content (AvgIpc) is 3.03. The van der Waals surface area contributed by atoms with Crippen LogP contribution in [0.1, 0.15) is 49.4 Å². The molecule has 0 unspecified atom stereocenters. The summed E-state index contributed by atoms with van der Waals surface area (Å²) in [4.78, 5) is 10.8. The number of thioether (sulfide) groups is 1. The number of benzene rings is 1. The third-order valence-corrected chi connectivity index (χ3v) is 5.66. The molecule has 0 atom stereocenters. The molecule has 0 aliphatic heterocycles. The van der Waals surface area contributed by atoms with Gasteiger partial charge >= 0.3 is 0 Å². The predicted molar refractivity (Wildman–Crippen MR) is 101 cm³/mol. The monoisotopic (exact) mass is 411 g/mol. The molecule has 0 amide bonds. The molecule has 1 saturated carbocycles. The van der Waals surface area contributed by atoms with E-state index in [2.05, 4.69) is 15.3 Å². The maximum atomic E-state index is 10.8. The highest BCUT2D eigenvalue weighted by Crippen LogP contribution is 2.33. The lowest BCUT2D eigenvalue weighted by Crippen LogP contribution is -2.24. The Kier molecular flexibility index (Phi) is 6.56. The van der Waals surface area contributed by atoms with Crippen LogP contribution in [0, 0.1) is 0 Å². The summed E-state index contributed by atoms with van der Waals surface area (Å²) < 4.78 is 1.62.